The molecule has 0 aliphatic heterocycles. The van der Waals surface area contributed by atoms with E-state index in [2.05, 4.69) is 55.4 Å². The van der Waals surface area contributed by atoms with Crippen molar-refractivity contribution < 1.29 is 80.2 Å². The third-order valence-electron chi connectivity index (χ3n) is 15.8. The Balaban J connectivity index is 5.27. The lowest BCUT2D eigenvalue weighted by Crippen LogP contribution is -2.30. The van der Waals surface area contributed by atoms with E-state index in [0.29, 0.717) is 31.6 Å². The Labute approximate surface area is 517 Å². The second-order valence-corrected chi connectivity index (χ2v) is 28.2. The molecule has 0 aromatic carbocycles. The average Bonchev–Trinajstić information content (AvgIpc) is 3.51. The summed E-state index contributed by atoms with van der Waals surface area (Å²) >= 11 is 0. The highest BCUT2D eigenvalue weighted by atomic mass is 31.2. The molecule has 0 spiro atoms. The highest BCUT2D eigenvalue weighted by molar-refractivity contribution is 7.47. The number of ether oxygens (including phenoxy) is 4. The number of aliphatic hydroxyl groups is 1. The molecule has 19 heteroatoms. The average molecular weight is 1260 g/mol. The van der Waals surface area contributed by atoms with Gasteiger partial charge < -0.3 is 33.8 Å². The molecule has 0 amide bonds. The van der Waals surface area contributed by atoms with Crippen LogP contribution < -0.4 is 0 Å². The van der Waals surface area contributed by atoms with Crippen LogP contribution in [0, 0.1) is 23.7 Å². The predicted molar refractivity (Wildman–Crippen MR) is 340 cm³/mol. The summed E-state index contributed by atoms with van der Waals surface area (Å²) in [7, 11) is -9.89. The zero-order valence-electron chi connectivity index (χ0n) is 55.2. The molecular formula is C66H128O17P2. The lowest BCUT2D eigenvalue weighted by Gasteiger charge is -2.21. The fraction of sp³-hybridized carbons (Fsp3) is 0.939. The van der Waals surface area contributed by atoms with Crippen molar-refractivity contribution >= 4 is 39.5 Å². The van der Waals surface area contributed by atoms with Crippen molar-refractivity contribution in [2.45, 2.75) is 337 Å². The maximum absolute atomic E-state index is 13.0. The summed E-state index contributed by atoms with van der Waals surface area (Å²) in [6.45, 7) is 14.0. The largest absolute Gasteiger partial charge is 0.472 e. The SMILES string of the molecule is CCC(C)CCCCCCCCCCC(=O)OC[C@H](COP(=O)(O)OC[C@@H](O)COP(=O)(O)OC[C@@H](COC(=O)CCCCCCCCC(C)C)OC(=O)CCCCCCCCCCC(C)CC)OC(=O)CCCCCCCCCCCC(C)C. The van der Waals surface area contributed by atoms with Gasteiger partial charge in [0, 0.05) is 25.7 Å². The van der Waals surface area contributed by atoms with Gasteiger partial charge in [0.2, 0.25) is 0 Å². The van der Waals surface area contributed by atoms with E-state index >= 15 is 0 Å². The van der Waals surface area contributed by atoms with Gasteiger partial charge in [-0.3, -0.25) is 37.3 Å². The van der Waals surface area contributed by atoms with Crippen molar-refractivity contribution in [3.63, 3.8) is 0 Å². The molecule has 0 fully saturated rings. The van der Waals surface area contributed by atoms with Crippen LogP contribution in [0.1, 0.15) is 319 Å². The van der Waals surface area contributed by atoms with Crippen molar-refractivity contribution in [3.05, 3.63) is 0 Å². The van der Waals surface area contributed by atoms with Gasteiger partial charge in [-0.15, -0.1) is 0 Å². The fourth-order valence-corrected chi connectivity index (χ4v) is 11.3. The molecule has 0 heterocycles. The second-order valence-electron chi connectivity index (χ2n) is 25.3. The maximum atomic E-state index is 13.0. The number of unbranched alkanes of at least 4 members (excludes halogenated alkanes) is 27. The first-order valence-electron chi connectivity index (χ1n) is 34.3. The summed E-state index contributed by atoms with van der Waals surface area (Å²) in [5.74, 6) is 0.824. The first-order valence-corrected chi connectivity index (χ1v) is 37.3. The van der Waals surface area contributed by atoms with Crippen LogP contribution in [0.3, 0.4) is 0 Å². The zero-order chi connectivity index (χ0) is 63.2. The molecule has 17 nitrogen and oxygen atoms in total. The summed E-state index contributed by atoms with van der Waals surface area (Å²) in [5, 5.41) is 10.6. The first-order chi connectivity index (χ1) is 40.7. The molecule has 85 heavy (non-hydrogen) atoms. The van der Waals surface area contributed by atoms with E-state index in [4.69, 9.17) is 37.0 Å². The summed E-state index contributed by atoms with van der Waals surface area (Å²) in [4.78, 5) is 72.3. The van der Waals surface area contributed by atoms with E-state index in [1.165, 1.54) is 116 Å². The molecular weight excluding hydrogens is 1130 g/mol. The summed E-state index contributed by atoms with van der Waals surface area (Å²) in [6.07, 6.45) is 36.2. The van der Waals surface area contributed by atoms with Crippen molar-refractivity contribution in [2.24, 2.45) is 23.7 Å². The molecule has 4 unspecified atom stereocenters. The third kappa shape index (κ3) is 58.2. The molecule has 0 radical (unpaired) electrons. The molecule has 0 aliphatic carbocycles. The molecule has 0 saturated heterocycles. The normalized spacial score (nSPS) is 15.0. The van der Waals surface area contributed by atoms with Crippen LogP contribution in [0.25, 0.3) is 0 Å². The van der Waals surface area contributed by atoms with Crippen LogP contribution in [0.2, 0.25) is 0 Å². The van der Waals surface area contributed by atoms with Crippen molar-refractivity contribution in [2.75, 3.05) is 39.6 Å². The van der Waals surface area contributed by atoms with Gasteiger partial charge in [-0.25, -0.2) is 9.13 Å². The topological polar surface area (TPSA) is 237 Å². The van der Waals surface area contributed by atoms with Crippen LogP contribution in [0.5, 0.6) is 0 Å². The van der Waals surface area contributed by atoms with Gasteiger partial charge in [-0.1, -0.05) is 267 Å². The van der Waals surface area contributed by atoms with Crippen LogP contribution >= 0.6 is 15.6 Å². The maximum Gasteiger partial charge on any atom is 0.472 e. The Morgan fingerprint density at radius 1 is 0.329 bits per heavy atom. The molecule has 3 N–H and O–H groups in total. The highest BCUT2D eigenvalue weighted by Crippen LogP contribution is 2.45. The minimum absolute atomic E-state index is 0.103. The first kappa shape index (κ1) is 83.1. The van der Waals surface area contributed by atoms with E-state index in [9.17, 15) is 43.2 Å². The van der Waals surface area contributed by atoms with E-state index in [-0.39, 0.29) is 25.7 Å². The molecule has 0 saturated carbocycles. The standard InChI is InChI=1S/C66H128O17P2/c1-9-58(7)44-36-28-19-14-16-21-30-38-46-63(68)76-52-61(82-65(70)48-40-32-22-13-11-12-18-26-34-42-56(3)4)54-80-84(72,73)78-50-60(67)51-79-85(74,75)81-55-62(53-77-64(69)47-39-31-25-24-27-35-43-57(5)6)83-66(71)49-41-33-23-17-15-20-29-37-45-59(8)10-2/h56-62,67H,9-55H2,1-8H3,(H,72,73)(H,74,75)/t58?,59?,60-,61-,62-/m1/s1. The Morgan fingerprint density at radius 3 is 0.835 bits per heavy atom. The minimum atomic E-state index is -4.95. The van der Waals surface area contributed by atoms with Gasteiger partial charge in [0.1, 0.15) is 19.3 Å². The number of esters is 4. The number of phosphoric acid groups is 2. The number of phosphoric ester groups is 2. The number of aliphatic hydroxyl groups excluding tert-OH is 1. The van der Waals surface area contributed by atoms with Gasteiger partial charge in [0.25, 0.3) is 0 Å². The van der Waals surface area contributed by atoms with Crippen LogP contribution in [0.4, 0.5) is 0 Å². The zero-order valence-corrected chi connectivity index (χ0v) is 57.0. The highest BCUT2D eigenvalue weighted by Gasteiger charge is 2.30. The van der Waals surface area contributed by atoms with Gasteiger partial charge in [0.05, 0.1) is 26.4 Å². The number of carbonyl (C=O) groups excluding carboxylic acids is 4. The van der Waals surface area contributed by atoms with Gasteiger partial charge in [-0.05, 0) is 49.4 Å². The van der Waals surface area contributed by atoms with Crippen molar-refractivity contribution in [1.29, 1.82) is 0 Å². The Kier molecular flexibility index (Phi) is 54.8. The lowest BCUT2D eigenvalue weighted by molar-refractivity contribution is -0.161. The van der Waals surface area contributed by atoms with E-state index in [0.717, 1.165) is 114 Å². The van der Waals surface area contributed by atoms with Crippen molar-refractivity contribution in [3.8, 4) is 0 Å². The van der Waals surface area contributed by atoms with Gasteiger partial charge >= 0.3 is 39.5 Å². The van der Waals surface area contributed by atoms with Crippen molar-refractivity contribution in [1.82, 2.24) is 0 Å². The van der Waals surface area contributed by atoms with Gasteiger partial charge in [0.15, 0.2) is 12.2 Å². The minimum Gasteiger partial charge on any atom is -0.462 e. The summed E-state index contributed by atoms with van der Waals surface area (Å²) in [6, 6.07) is 0. The Morgan fingerprint density at radius 2 is 0.565 bits per heavy atom. The smallest absolute Gasteiger partial charge is 0.462 e. The van der Waals surface area contributed by atoms with Crippen LogP contribution in [-0.2, 0) is 65.4 Å². The summed E-state index contributed by atoms with van der Waals surface area (Å²) < 4.78 is 68.1. The second kappa shape index (κ2) is 56.1. The molecule has 0 aromatic rings. The summed E-state index contributed by atoms with van der Waals surface area (Å²) in [5.41, 5.74) is 0. The monoisotopic (exact) mass is 1250 g/mol. The third-order valence-corrected chi connectivity index (χ3v) is 17.7. The fourth-order valence-electron chi connectivity index (χ4n) is 9.72. The van der Waals surface area contributed by atoms with Gasteiger partial charge in [-0.2, -0.15) is 0 Å². The molecule has 504 valence electrons. The number of hydrogen-bond donors (Lipinski definition) is 3. The van der Waals surface area contributed by atoms with Crippen LogP contribution in [0.15, 0.2) is 0 Å². The number of rotatable bonds is 63. The molecule has 7 atom stereocenters. The molecule has 0 aliphatic rings. The molecule has 0 bridgehead atoms. The molecule has 0 aromatic heterocycles. The predicted octanol–water partition coefficient (Wildman–Crippen LogP) is 18.1. The van der Waals surface area contributed by atoms with E-state index < -0.39 is 97.5 Å². The Hall–Kier alpha value is -1.94. The number of carbonyl (C=O) groups is 4. The molecule has 0 rings (SSSR count). The van der Waals surface area contributed by atoms with E-state index in [1.807, 2.05) is 0 Å². The van der Waals surface area contributed by atoms with E-state index in [1.54, 1.807) is 0 Å². The quantitative estimate of drug-likeness (QED) is 0.0222. The van der Waals surface area contributed by atoms with Crippen LogP contribution in [-0.4, -0.2) is 96.7 Å². The Bertz CT molecular complexity index is 1700. The number of hydrogen-bond acceptors (Lipinski definition) is 15. The lowest BCUT2D eigenvalue weighted by atomic mass is 9.99.